The molecule has 10 aromatic rings. The average Bonchev–Trinajstić information content (AvgIpc) is 3.67. The van der Waals surface area contributed by atoms with Gasteiger partial charge in [-0.25, -0.2) is 0 Å². The number of fused-ring (bicyclic) bond motifs is 9. The first-order valence-electron chi connectivity index (χ1n) is 14.8. The summed E-state index contributed by atoms with van der Waals surface area (Å²) in [7, 11) is 0. The van der Waals surface area contributed by atoms with Crippen LogP contribution >= 0.6 is 0 Å². The molecule has 1 aliphatic carbocycles. The maximum absolute atomic E-state index is 2.46. The highest BCUT2D eigenvalue weighted by Crippen LogP contribution is 2.53. The van der Waals surface area contributed by atoms with Gasteiger partial charge in [-0.3, -0.25) is 0 Å². The predicted octanol–water partition coefficient (Wildman–Crippen LogP) is 11.9. The molecular weight excluding hydrogens is 504 g/mol. The van der Waals surface area contributed by atoms with E-state index in [1.165, 1.54) is 109 Å². The molecule has 0 atom stereocenters. The van der Waals surface area contributed by atoms with Crippen LogP contribution in [0.25, 0.3) is 109 Å². The van der Waals surface area contributed by atoms with Gasteiger partial charge in [0.05, 0.1) is 0 Å². The zero-order valence-electron chi connectivity index (χ0n) is 22.7. The van der Waals surface area contributed by atoms with Crippen LogP contribution in [0.4, 0.5) is 0 Å². The molecule has 10 aromatic carbocycles. The molecule has 0 spiro atoms. The average molecular weight is 527 g/mol. The van der Waals surface area contributed by atoms with Crippen LogP contribution in [0.15, 0.2) is 133 Å². The van der Waals surface area contributed by atoms with Crippen molar-refractivity contribution in [2.24, 2.45) is 0 Å². The molecule has 0 heteroatoms. The van der Waals surface area contributed by atoms with Crippen LogP contribution in [0.1, 0.15) is 0 Å². The number of rotatable bonds is 1. The van der Waals surface area contributed by atoms with Gasteiger partial charge >= 0.3 is 0 Å². The molecule has 0 N–H and O–H groups in total. The Kier molecular flexibility index (Phi) is 3.67. The first-order valence-corrected chi connectivity index (χ1v) is 14.8. The second kappa shape index (κ2) is 7.24. The molecule has 0 nitrogen and oxygen atoms in total. The van der Waals surface area contributed by atoms with Crippen molar-refractivity contribution in [3.8, 4) is 33.4 Å². The number of benzene rings is 8. The van der Waals surface area contributed by atoms with E-state index in [0.29, 0.717) is 0 Å². The summed E-state index contributed by atoms with van der Waals surface area (Å²) >= 11 is 0. The molecule has 0 heterocycles. The SMILES string of the molecule is c1ccc2c(c1)-c1cccc3ccc(-c4ccc5c6cc7c(cc6c6cccc4c65)c4cccc5cccc7c54)c-2c13. The van der Waals surface area contributed by atoms with Gasteiger partial charge in [-0.1, -0.05) is 121 Å². The lowest BCUT2D eigenvalue weighted by molar-refractivity contribution is 1.68. The molecule has 190 valence electrons. The van der Waals surface area contributed by atoms with Gasteiger partial charge in [-0.15, -0.1) is 0 Å². The molecule has 11 rings (SSSR count). The molecule has 0 saturated carbocycles. The first-order chi connectivity index (χ1) is 20.8. The van der Waals surface area contributed by atoms with Crippen LogP contribution in [0.3, 0.4) is 0 Å². The van der Waals surface area contributed by atoms with Crippen molar-refractivity contribution in [2.75, 3.05) is 0 Å². The van der Waals surface area contributed by atoms with E-state index in [9.17, 15) is 0 Å². The summed E-state index contributed by atoms with van der Waals surface area (Å²) in [6, 6.07) is 50.3. The summed E-state index contributed by atoms with van der Waals surface area (Å²) < 4.78 is 0. The highest BCUT2D eigenvalue weighted by molar-refractivity contribution is 6.38. The molecule has 0 aliphatic heterocycles. The zero-order valence-corrected chi connectivity index (χ0v) is 22.7. The van der Waals surface area contributed by atoms with Gasteiger partial charge in [0.1, 0.15) is 0 Å². The smallest absolute Gasteiger partial charge is 0.00141 e. The maximum Gasteiger partial charge on any atom is -0.00141 e. The molecule has 0 saturated heterocycles. The molecule has 0 bridgehead atoms. The quantitative estimate of drug-likeness (QED) is 0.199. The molecule has 1 aliphatic rings. The van der Waals surface area contributed by atoms with Crippen molar-refractivity contribution >= 4 is 75.4 Å². The van der Waals surface area contributed by atoms with E-state index in [2.05, 4.69) is 133 Å². The van der Waals surface area contributed by atoms with E-state index in [1.807, 2.05) is 0 Å². The van der Waals surface area contributed by atoms with E-state index in [-0.39, 0.29) is 0 Å². The Labute approximate surface area is 241 Å². The summed E-state index contributed by atoms with van der Waals surface area (Å²) in [5.74, 6) is 0. The second-order valence-electron chi connectivity index (χ2n) is 12.0. The predicted molar refractivity (Wildman–Crippen MR) is 181 cm³/mol. The van der Waals surface area contributed by atoms with E-state index < -0.39 is 0 Å². The zero-order chi connectivity index (χ0) is 27.1. The number of hydrogen-bond donors (Lipinski definition) is 0. The Balaban J connectivity index is 1.27. The van der Waals surface area contributed by atoms with Crippen molar-refractivity contribution in [1.82, 2.24) is 0 Å². The van der Waals surface area contributed by atoms with Gasteiger partial charge in [0, 0.05) is 0 Å². The van der Waals surface area contributed by atoms with E-state index in [4.69, 9.17) is 0 Å². The van der Waals surface area contributed by atoms with Crippen LogP contribution in [-0.4, -0.2) is 0 Å². The maximum atomic E-state index is 2.46. The van der Waals surface area contributed by atoms with Crippen LogP contribution < -0.4 is 0 Å². The topological polar surface area (TPSA) is 0 Å². The Bertz CT molecular complexity index is 2690. The summed E-state index contributed by atoms with van der Waals surface area (Å²) in [6.07, 6.45) is 0. The fourth-order valence-electron chi connectivity index (χ4n) is 8.42. The van der Waals surface area contributed by atoms with E-state index in [1.54, 1.807) is 0 Å². The van der Waals surface area contributed by atoms with E-state index in [0.717, 1.165) is 0 Å². The molecule has 0 amide bonds. The molecule has 0 aromatic heterocycles. The van der Waals surface area contributed by atoms with Gasteiger partial charge in [0.25, 0.3) is 0 Å². The minimum absolute atomic E-state index is 1.31. The third-order valence-electron chi connectivity index (χ3n) is 10.1. The summed E-state index contributed by atoms with van der Waals surface area (Å²) in [6.45, 7) is 0. The van der Waals surface area contributed by atoms with Crippen LogP contribution in [0, 0.1) is 0 Å². The van der Waals surface area contributed by atoms with Gasteiger partial charge < -0.3 is 0 Å². The Morgan fingerprint density at radius 3 is 1.50 bits per heavy atom. The third-order valence-corrected chi connectivity index (χ3v) is 10.1. The lowest BCUT2D eigenvalue weighted by Gasteiger charge is -2.14. The summed E-state index contributed by atoms with van der Waals surface area (Å²) in [4.78, 5) is 0. The Hall–Kier alpha value is -5.46. The number of hydrogen-bond acceptors (Lipinski definition) is 0. The monoisotopic (exact) mass is 526 g/mol. The molecule has 42 heavy (non-hydrogen) atoms. The highest BCUT2D eigenvalue weighted by Gasteiger charge is 2.25. The third kappa shape index (κ3) is 2.39. The van der Waals surface area contributed by atoms with Crippen LogP contribution in [0.2, 0.25) is 0 Å². The van der Waals surface area contributed by atoms with Crippen molar-refractivity contribution in [3.05, 3.63) is 133 Å². The van der Waals surface area contributed by atoms with Crippen molar-refractivity contribution in [1.29, 1.82) is 0 Å². The minimum Gasteiger partial charge on any atom is -0.0616 e. The molecular formula is C42H22. The van der Waals surface area contributed by atoms with E-state index >= 15 is 0 Å². The van der Waals surface area contributed by atoms with Gasteiger partial charge in [0.15, 0.2) is 0 Å². The van der Waals surface area contributed by atoms with Crippen LogP contribution in [0.5, 0.6) is 0 Å². The summed E-state index contributed by atoms with van der Waals surface area (Å²) in [5, 5.41) is 19.0. The van der Waals surface area contributed by atoms with Crippen molar-refractivity contribution < 1.29 is 0 Å². The normalized spacial score (nSPS) is 12.8. The highest BCUT2D eigenvalue weighted by atomic mass is 14.3. The van der Waals surface area contributed by atoms with Gasteiger partial charge in [-0.2, -0.15) is 0 Å². The molecule has 0 unspecified atom stereocenters. The Morgan fingerprint density at radius 2 is 0.762 bits per heavy atom. The lowest BCUT2D eigenvalue weighted by Crippen LogP contribution is -1.87. The van der Waals surface area contributed by atoms with Crippen molar-refractivity contribution in [2.45, 2.75) is 0 Å². The van der Waals surface area contributed by atoms with Crippen LogP contribution in [-0.2, 0) is 0 Å². The fourth-order valence-corrected chi connectivity index (χ4v) is 8.42. The van der Waals surface area contributed by atoms with Gasteiger partial charge in [-0.05, 0) is 121 Å². The molecule has 0 radical (unpaired) electrons. The first kappa shape index (κ1) is 21.3. The van der Waals surface area contributed by atoms with Gasteiger partial charge in [0.2, 0.25) is 0 Å². The molecule has 0 fully saturated rings. The standard InChI is InChI=1S/C42H22/c1-2-11-29-25(10-1)27-12-5-9-24-17-18-33(42(29)40(24)27)26-19-20-34-38-22-36-31-14-4-8-23-7-3-13-30(39(23)31)35(36)21-37(38)32-16-6-15-28(26)41(32)34/h1-22H. The van der Waals surface area contributed by atoms with Crippen molar-refractivity contribution in [3.63, 3.8) is 0 Å². The largest absolute Gasteiger partial charge is 0.0616 e. The lowest BCUT2D eigenvalue weighted by atomic mass is 9.89. The second-order valence-corrected chi connectivity index (χ2v) is 12.0. The Morgan fingerprint density at radius 1 is 0.238 bits per heavy atom. The summed E-state index contributed by atoms with van der Waals surface area (Å²) in [5.41, 5.74) is 8.04. The minimum atomic E-state index is 1.31. The fraction of sp³-hybridized carbons (Fsp3) is 0.